The number of carbonyl (C=O) groups excluding carboxylic acids is 2. The van der Waals surface area contributed by atoms with Crippen molar-refractivity contribution in [1.29, 1.82) is 0 Å². The van der Waals surface area contributed by atoms with Crippen LogP contribution in [0.15, 0.2) is 54.6 Å². The molecule has 1 unspecified atom stereocenters. The van der Waals surface area contributed by atoms with E-state index in [-0.39, 0.29) is 24.2 Å². The second kappa shape index (κ2) is 9.62. The standard InChI is InChI=1S/C21H25NO3/c1-16(19-6-4-3-5-7-19)14-22-21(24)15-25-20-12-10-18(11-13-20)9-8-17(2)23/h3-7,10-13,16H,8-9,14-15H2,1-2H3,(H,22,24). The van der Waals surface area contributed by atoms with Gasteiger partial charge in [0.25, 0.3) is 5.91 Å². The predicted octanol–water partition coefficient (Wildman–Crippen LogP) is 3.51. The number of nitrogens with one attached hydrogen (secondary N) is 1. The number of hydrogen-bond donors (Lipinski definition) is 1. The van der Waals surface area contributed by atoms with Gasteiger partial charge in [0.1, 0.15) is 11.5 Å². The Kier molecular flexibility index (Phi) is 7.20. The van der Waals surface area contributed by atoms with Gasteiger partial charge in [-0.1, -0.05) is 49.4 Å². The number of aryl methyl sites for hydroxylation is 1. The molecule has 0 aromatic heterocycles. The lowest BCUT2D eigenvalue weighted by molar-refractivity contribution is -0.123. The normalized spacial score (nSPS) is 11.6. The smallest absolute Gasteiger partial charge is 0.257 e. The van der Waals surface area contributed by atoms with Gasteiger partial charge in [0.15, 0.2) is 6.61 Å². The minimum absolute atomic E-state index is 0.00565. The van der Waals surface area contributed by atoms with Crippen LogP contribution in [0.3, 0.4) is 0 Å². The van der Waals surface area contributed by atoms with Crippen LogP contribution in [0.2, 0.25) is 0 Å². The minimum Gasteiger partial charge on any atom is -0.484 e. The summed E-state index contributed by atoms with van der Waals surface area (Å²) in [7, 11) is 0. The molecule has 2 rings (SSSR count). The van der Waals surface area contributed by atoms with E-state index < -0.39 is 0 Å². The van der Waals surface area contributed by atoms with Crippen LogP contribution < -0.4 is 10.1 Å². The van der Waals surface area contributed by atoms with Crippen molar-refractivity contribution < 1.29 is 14.3 Å². The lowest BCUT2D eigenvalue weighted by atomic mass is 10.0. The molecule has 0 radical (unpaired) electrons. The van der Waals surface area contributed by atoms with Crippen LogP contribution in [0.1, 0.15) is 37.3 Å². The molecule has 1 atom stereocenters. The molecule has 0 bridgehead atoms. The first kappa shape index (κ1) is 18.7. The topological polar surface area (TPSA) is 55.4 Å². The van der Waals surface area contributed by atoms with Crippen LogP contribution in [0, 0.1) is 0 Å². The Balaban J connectivity index is 1.71. The van der Waals surface area contributed by atoms with E-state index in [1.54, 1.807) is 6.92 Å². The van der Waals surface area contributed by atoms with Gasteiger partial charge in [-0.15, -0.1) is 0 Å². The molecule has 2 aromatic carbocycles. The molecule has 0 saturated carbocycles. The lowest BCUT2D eigenvalue weighted by Gasteiger charge is -2.13. The Morgan fingerprint density at radius 1 is 1.04 bits per heavy atom. The number of hydrogen-bond acceptors (Lipinski definition) is 3. The van der Waals surface area contributed by atoms with Gasteiger partial charge in [-0.3, -0.25) is 4.79 Å². The summed E-state index contributed by atoms with van der Waals surface area (Å²) in [6, 6.07) is 17.6. The van der Waals surface area contributed by atoms with Crippen LogP contribution in [-0.2, 0) is 16.0 Å². The summed E-state index contributed by atoms with van der Waals surface area (Å²) in [5.74, 6) is 0.953. The Bertz CT molecular complexity index is 680. The summed E-state index contributed by atoms with van der Waals surface area (Å²) in [5.41, 5.74) is 2.29. The number of amides is 1. The minimum atomic E-state index is -0.136. The van der Waals surface area contributed by atoms with Gasteiger partial charge in [0.2, 0.25) is 0 Å². The van der Waals surface area contributed by atoms with Gasteiger partial charge in [-0.2, -0.15) is 0 Å². The maximum absolute atomic E-state index is 11.9. The molecule has 0 fully saturated rings. The molecule has 132 valence electrons. The average molecular weight is 339 g/mol. The van der Waals surface area contributed by atoms with Gasteiger partial charge in [-0.05, 0) is 42.5 Å². The van der Waals surface area contributed by atoms with E-state index in [1.807, 2.05) is 42.5 Å². The third-order valence-corrected chi connectivity index (χ3v) is 4.03. The van der Waals surface area contributed by atoms with Crippen molar-refractivity contribution in [2.45, 2.75) is 32.6 Å². The van der Waals surface area contributed by atoms with Gasteiger partial charge >= 0.3 is 0 Å². The Hall–Kier alpha value is -2.62. The fourth-order valence-electron chi connectivity index (χ4n) is 2.44. The number of ether oxygens (including phenoxy) is 1. The van der Waals surface area contributed by atoms with Crippen molar-refractivity contribution in [3.63, 3.8) is 0 Å². The molecule has 1 N–H and O–H groups in total. The number of benzene rings is 2. The van der Waals surface area contributed by atoms with Crippen molar-refractivity contribution in [3.8, 4) is 5.75 Å². The van der Waals surface area contributed by atoms with Crippen LogP contribution in [0.25, 0.3) is 0 Å². The van der Waals surface area contributed by atoms with Crippen molar-refractivity contribution in [1.82, 2.24) is 5.32 Å². The number of carbonyl (C=O) groups is 2. The molecule has 0 aliphatic carbocycles. The summed E-state index contributed by atoms with van der Waals surface area (Å²) in [4.78, 5) is 22.9. The highest BCUT2D eigenvalue weighted by Gasteiger charge is 2.08. The monoisotopic (exact) mass is 339 g/mol. The number of Topliss-reactive ketones (excluding diaryl/α,β-unsaturated/α-hetero) is 1. The summed E-state index contributed by atoms with van der Waals surface area (Å²) >= 11 is 0. The third-order valence-electron chi connectivity index (χ3n) is 4.03. The van der Waals surface area contributed by atoms with E-state index in [0.717, 1.165) is 12.0 Å². The number of ketones is 1. The molecule has 2 aromatic rings. The quantitative estimate of drug-likeness (QED) is 0.761. The van der Waals surface area contributed by atoms with E-state index >= 15 is 0 Å². The van der Waals surface area contributed by atoms with Crippen molar-refractivity contribution >= 4 is 11.7 Å². The maximum Gasteiger partial charge on any atom is 0.257 e. The van der Waals surface area contributed by atoms with Gasteiger partial charge in [-0.25, -0.2) is 0 Å². The predicted molar refractivity (Wildman–Crippen MR) is 98.8 cm³/mol. The lowest BCUT2D eigenvalue weighted by Crippen LogP contribution is -2.31. The zero-order valence-electron chi connectivity index (χ0n) is 14.8. The van der Waals surface area contributed by atoms with Crippen LogP contribution in [0.4, 0.5) is 0 Å². The molecule has 0 saturated heterocycles. The molecular weight excluding hydrogens is 314 g/mol. The Morgan fingerprint density at radius 3 is 2.36 bits per heavy atom. The third kappa shape index (κ3) is 6.79. The van der Waals surface area contributed by atoms with E-state index in [2.05, 4.69) is 24.4 Å². The Morgan fingerprint density at radius 2 is 1.72 bits per heavy atom. The molecule has 0 heterocycles. The first-order valence-electron chi connectivity index (χ1n) is 8.57. The molecule has 25 heavy (non-hydrogen) atoms. The SMILES string of the molecule is CC(=O)CCc1ccc(OCC(=O)NCC(C)c2ccccc2)cc1. The zero-order chi connectivity index (χ0) is 18.1. The molecule has 0 spiro atoms. The van der Waals surface area contributed by atoms with Crippen LogP contribution in [-0.4, -0.2) is 24.8 Å². The van der Waals surface area contributed by atoms with Crippen molar-refractivity contribution in [2.24, 2.45) is 0 Å². The highest BCUT2D eigenvalue weighted by Crippen LogP contribution is 2.14. The van der Waals surface area contributed by atoms with Gasteiger partial charge < -0.3 is 14.8 Å². The highest BCUT2D eigenvalue weighted by atomic mass is 16.5. The fourth-order valence-corrected chi connectivity index (χ4v) is 2.44. The largest absolute Gasteiger partial charge is 0.484 e. The molecule has 4 heteroatoms. The first-order chi connectivity index (χ1) is 12.0. The van der Waals surface area contributed by atoms with E-state index in [0.29, 0.717) is 18.7 Å². The van der Waals surface area contributed by atoms with Crippen LogP contribution >= 0.6 is 0 Å². The molecule has 0 aliphatic heterocycles. The fraction of sp³-hybridized carbons (Fsp3) is 0.333. The average Bonchev–Trinajstić information content (AvgIpc) is 2.64. The second-order valence-corrected chi connectivity index (χ2v) is 6.25. The van der Waals surface area contributed by atoms with Gasteiger partial charge in [0, 0.05) is 13.0 Å². The van der Waals surface area contributed by atoms with E-state index in [9.17, 15) is 9.59 Å². The maximum atomic E-state index is 11.9. The Labute approximate surface area is 149 Å². The highest BCUT2D eigenvalue weighted by molar-refractivity contribution is 5.77. The second-order valence-electron chi connectivity index (χ2n) is 6.25. The zero-order valence-corrected chi connectivity index (χ0v) is 14.8. The molecule has 4 nitrogen and oxygen atoms in total. The summed E-state index contributed by atoms with van der Waals surface area (Å²) in [6.07, 6.45) is 1.27. The van der Waals surface area contributed by atoms with Crippen molar-refractivity contribution in [2.75, 3.05) is 13.2 Å². The van der Waals surface area contributed by atoms with Crippen molar-refractivity contribution in [3.05, 3.63) is 65.7 Å². The molecular formula is C21H25NO3. The molecule has 1 amide bonds. The van der Waals surface area contributed by atoms with Crippen LogP contribution in [0.5, 0.6) is 5.75 Å². The van der Waals surface area contributed by atoms with Gasteiger partial charge in [0.05, 0.1) is 0 Å². The summed E-state index contributed by atoms with van der Waals surface area (Å²) in [6.45, 7) is 4.25. The number of rotatable bonds is 9. The summed E-state index contributed by atoms with van der Waals surface area (Å²) < 4.78 is 5.51. The first-order valence-corrected chi connectivity index (χ1v) is 8.57. The van der Waals surface area contributed by atoms with E-state index in [4.69, 9.17) is 4.74 Å². The van der Waals surface area contributed by atoms with E-state index in [1.165, 1.54) is 5.56 Å². The summed E-state index contributed by atoms with van der Waals surface area (Å²) in [5, 5.41) is 2.89. The molecule has 0 aliphatic rings.